The first-order valence-electron chi connectivity index (χ1n) is 11.3. The van der Waals surface area contributed by atoms with Crippen LogP contribution in [0.5, 0.6) is 5.75 Å². The molecule has 3 aromatic rings. The molecule has 1 unspecified atom stereocenters. The van der Waals surface area contributed by atoms with E-state index in [-0.39, 0.29) is 30.3 Å². The van der Waals surface area contributed by atoms with E-state index in [4.69, 9.17) is 41.2 Å². The molecule has 4 heterocycles. The summed E-state index contributed by atoms with van der Waals surface area (Å²) in [4.78, 5) is 39.9. The molecule has 2 aromatic heterocycles. The summed E-state index contributed by atoms with van der Waals surface area (Å²) in [5.41, 5.74) is 5.78. The minimum atomic E-state index is -5.00. The minimum Gasteiger partial charge on any atom is -0.756 e. The molecule has 5 rings (SSSR count). The van der Waals surface area contributed by atoms with Gasteiger partial charge in [-0.2, -0.15) is 0 Å². The first kappa shape index (κ1) is 26.1. The highest BCUT2D eigenvalue weighted by Crippen LogP contribution is 2.43. The number of nitrogens with one attached hydrogen (secondary N) is 1. The summed E-state index contributed by atoms with van der Waals surface area (Å²) in [5.74, 6) is -0.508. The molecule has 4 N–H and O–H groups in total. The molecule has 5 atom stereocenters. The number of H-pyrrole nitrogens is 1. The maximum absolute atomic E-state index is 12.9. The molecular weight excluding hydrogens is 533 g/mol. The summed E-state index contributed by atoms with van der Waals surface area (Å²) in [6, 6.07) is 6.86. The molecule has 1 aromatic carbocycles. The van der Waals surface area contributed by atoms with Gasteiger partial charge in [0, 0.05) is 5.02 Å². The van der Waals surface area contributed by atoms with Crippen molar-refractivity contribution >= 4 is 36.5 Å². The highest BCUT2D eigenvalue weighted by molar-refractivity contribution is 7.44. The van der Waals surface area contributed by atoms with Gasteiger partial charge >= 0.3 is 5.65 Å². The van der Waals surface area contributed by atoms with Crippen LogP contribution in [0.25, 0.3) is 11.2 Å². The summed E-state index contributed by atoms with van der Waals surface area (Å²) in [6.45, 7) is 3.38. The number of anilines is 1. The van der Waals surface area contributed by atoms with Gasteiger partial charge in [0.15, 0.2) is 12.1 Å². The van der Waals surface area contributed by atoms with Crippen molar-refractivity contribution < 1.29 is 42.4 Å². The molecule has 200 valence electrons. The summed E-state index contributed by atoms with van der Waals surface area (Å²) >= 11 is 5.91. The van der Waals surface area contributed by atoms with E-state index in [1.54, 1.807) is 53.6 Å². The zero-order chi connectivity index (χ0) is 26.5. The Morgan fingerprint density at radius 3 is 2.73 bits per heavy atom. The summed E-state index contributed by atoms with van der Waals surface area (Å²) in [7, 11) is -5.00. The van der Waals surface area contributed by atoms with E-state index in [9.17, 15) is 14.3 Å². The Hall–Kier alpha value is -2.55. The van der Waals surface area contributed by atoms with Crippen molar-refractivity contribution in [2.45, 2.75) is 50.7 Å². The third kappa shape index (κ3) is 5.52. The fourth-order valence-electron chi connectivity index (χ4n) is 4.51. The molecule has 0 saturated carbocycles. The standard InChI is InChI=1S/C21H25ClN5O9P/c1-21(2)35-15-13(9-33-37(29,30)31)34-19(16(15)36-21)27-10-26(14-17(27)24-20(23)25-18(14)28)7-8-32-12-5-3-11(22)4-6-12/h3-6,10,13,15-16,19H,7-9H2,1-2H3,(H4-,23,24,25,28,29,30,31)/t13-,15-,16-,19-/m1/s1. The van der Waals surface area contributed by atoms with Crippen molar-refractivity contribution in [3.05, 3.63) is 46.0 Å². The SMILES string of the molecule is CC1(C)O[C@@H]2[C@H](O1)[C@@H](COP(=O)([O-])O)O[C@H]2[n+]1cn(CCOc2ccc(Cl)cc2)c2c(=O)[nH]c(N)nc21. The number of aromatic nitrogens is 4. The predicted molar refractivity (Wildman–Crippen MR) is 125 cm³/mol. The molecule has 37 heavy (non-hydrogen) atoms. The van der Waals surface area contributed by atoms with Crippen LogP contribution in [-0.4, -0.2) is 56.7 Å². The molecule has 2 aliphatic rings. The van der Waals surface area contributed by atoms with Crippen molar-refractivity contribution in [3.63, 3.8) is 0 Å². The predicted octanol–water partition coefficient (Wildman–Crippen LogP) is 0.222. The molecule has 2 aliphatic heterocycles. The van der Waals surface area contributed by atoms with E-state index in [1.165, 1.54) is 0 Å². The van der Waals surface area contributed by atoms with Crippen molar-refractivity contribution in [1.29, 1.82) is 0 Å². The van der Waals surface area contributed by atoms with E-state index in [0.717, 1.165) is 0 Å². The second kappa shape index (κ2) is 9.64. The molecule has 0 amide bonds. The normalized spacial score (nSPS) is 26.3. The number of imidazole rings is 1. The van der Waals surface area contributed by atoms with Crippen molar-refractivity contribution in [2.75, 3.05) is 18.9 Å². The largest absolute Gasteiger partial charge is 0.756 e. The number of benzene rings is 1. The topological polar surface area (TPSA) is 187 Å². The zero-order valence-corrected chi connectivity index (χ0v) is 21.4. The van der Waals surface area contributed by atoms with Gasteiger partial charge < -0.3 is 39.0 Å². The van der Waals surface area contributed by atoms with Gasteiger partial charge in [-0.15, -0.1) is 0 Å². The summed E-state index contributed by atoms with van der Waals surface area (Å²) in [6.07, 6.45) is -1.64. The molecule has 14 nitrogen and oxygen atoms in total. The van der Waals surface area contributed by atoms with Crippen LogP contribution in [0.15, 0.2) is 35.4 Å². The van der Waals surface area contributed by atoms with Crippen LogP contribution in [0.3, 0.4) is 0 Å². The molecule has 16 heteroatoms. The molecule has 2 fully saturated rings. The Bertz CT molecular complexity index is 1410. The quantitative estimate of drug-likeness (QED) is 0.254. The number of nitrogens with zero attached hydrogens (tertiary/aromatic N) is 3. The number of rotatable bonds is 8. The van der Waals surface area contributed by atoms with Gasteiger partial charge in [0.25, 0.3) is 19.3 Å². The summed E-state index contributed by atoms with van der Waals surface area (Å²) in [5, 5.41) is 0.580. The molecule has 0 aliphatic carbocycles. The number of nitrogen functional groups attached to an aromatic ring is 1. The van der Waals surface area contributed by atoms with Gasteiger partial charge in [0.1, 0.15) is 37.2 Å². The van der Waals surface area contributed by atoms with Crippen LogP contribution in [0.4, 0.5) is 5.95 Å². The fraction of sp³-hybridized carbons (Fsp3) is 0.476. The smallest absolute Gasteiger partial charge is 0.313 e. The van der Waals surface area contributed by atoms with E-state index in [1.807, 2.05) is 0 Å². The highest BCUT2D eigenvalue weighted by Gasteiger charge is 2.58. The first-order valence-corrected chi connectivity index (χ1v) is 13.2. The lowest BCUT2D eigenvalue weighted by Crippen LogP contribution is -2.46. The molecule has 2 saturated heterocycles. The van der Waals surface area contributed by atoms with E-state index in [2.05, 4.69) is 14.5 Å². The Labute approximate surface area is 215 Å². The van der Waals surface area contributed by atoms with Gasteiger partial charge in [-0.05, 0) is 38.1 Å². The van der Waals surface area contributed by atoms with Gasteiger partial charge in [0.05, 0.1) is 6.61 Å². The maximum Gasteiger partial charge on any atom is 0.313 e. The maximum atomic E-state index is 12.9. The second-order valence-electron chi connectivity index (χ2n) is 9.04. The van der Waals surface area contributed by atoms with Gasteiger partial charge in [-0.25, -0.2) is 4.57 Å². The molecule has 0 spiro atoms. The third-order valence-electron chi connectivity index (χ3n) is 5.91. The number of aromatic amines is 1. The number of hydrogen-bond acceptors (Lipinski definition) is 10. The first-order chi connectivity index (χ1) is 17.4. The lowest BCUT2D eigenvalue weighted by Gasteiger charge is -2.24. The van der Waals surface area contributed by atoms with E-state index >= 15 is 0 Å². The second-order valence-corrected chi connectivity index (χ2v) is 10.7. The van der Waals surface area contributed by atoms with Crippen molar-refractivity contribution in [2.24, 2.45) is 0 Å². The van der Waals surface area contributed by atoms with Crippen LogP contribution < -0.4 is 25.5 Å². The highest BCUT2D eigenvalue weighted by atomic mass is 35.5. The fourth-order valence-corrected chi connectivity index (χ4v) is 4.97. The van der Waals surface area contributed by atoms with Gasteiger partial charge in [-0.3, -0.25) is 18.9 Å². The number of phosphoric ester groups is 1. The molecule has 0 bridgehead atoms. The Morgan fingerprint density at radius 1 is 1.32 bits per heavy atom. The number of phosphoric acid groups is 1. The minimum absolute atomic E-state index is 0.104. The van der Waals surface area contributed by atoms with Crippen LogP contribution in [0, 0.1) is 0 Å². The summed E-state index contributed by atoms with van der Waals surface area (Å²) < 4.78 is 42.8. The zero-order valence-electron chi connectivity index (χ0n) is 19.8. The lowest BCUT2D eigenvalue weighted by molar-refractivity contribution is -0.746. The Balaban J connectivity index is 1.46. The lowest BCUT2D eigenvalue weighted by atomic mass is 10.1. The van der Waals surface area contributed by atoms with Gasteiger partial charge in [-0.1, -0.05) is 16.6 Å². The van der Waals surface area contributed by atoms with Crippen LogP contribution in [0.1, 0.15) is 20.1 Å². The molecule has 0 radical (unpaired) electrons. The van der Waals surface area contributed by atoms with Crippen LogP contribution >= 0.6 is 19.4 Å². The average Bonchev–Trinajstić information content (AvgIpc) is 3.41. The number of nitrogens with two attached hydrogens (primary N) is 1. The monoisotopic (exact) mass is 557 g/mol. The third-order valence-corrected chi connectivity index (χ3v) is 6.63. The van der Waals surface area contributed by atoms with Crippen molar-refractivity contribution in [1.82, 2.24) is 14.5 Å². The average molecular weight is 558 g/mol. The van der Waals surface area contributed by atoms with Crippen LogP contribution in [-0.2, 0) is 29.8 Å². The Kier molecular flexibility index (Phi) is 6.79. The van der Waals surface area contributed by atoms with E-state index in [0.29, 0.717) is 10.8 Å². The number of fused-ring (bicyclic) bond motifs is 2. The molecular formula is C21H25ClN5O9P. The Morgan fingerprint density at radius 2 is 2.03 bits per heavy atom. The van der Waals surface area contributed by atoms with E-state index < -0.39 is 50.3 Å². The van der Waals surface area contributed by atoms with Crippen molar-refractivity contribution in [3.8, 4) is 5.75 Å². The number of ether oxygens (including phenoxy) is 4. The van der Waals surface area contributed by atoms with Crippen LogP contribution in [0.2, 0.25) is 5.02 Å². The number of halogens is 1. The number of hydrogen-bond donors (Lipinski definition) is 3. The van der Waals surface area contributed by atoms with Gasteiger partial charge in [0.2, 0.25) is 11.7 Å².